The van der Waals surface area contributed by atoms with Crippen molar-refractivity contribution in [1.29, 1.82) is 5.26 Å². The Kier molecular flexibility index (Phi) is 8.50. The monoisotopic (exact) mass is 609 g/mol. The Morgan fingerprint density at radius 1 is 1.10 bits per heavy atom. The second-order valence-electron chi connectivity index (χ2n) is 9.41. The van der Waals surface area contributed by atoms with Gasteiger partial charge in [-0.2, -0.15) is 5.26 Å². The molecule has 0 aliphatic heterocycles. The zero-order valence-corrected chi connectivity index (χ0v) is 23.9. The molecule has 1 N–H and O–H groups in total. The van der Waals surface area contributed by atoms with E-state index < -0.39 is 5.97 Å². The Morgan fingerprint density at radius 3 is 2.51 bits per heavy atom. The third kappa shape index (κ3) is 6.33. The molecule has 3 aromatic carbocycles. The molecule has 1 aromatic heterocycles. The maximum absolute atomic E-state index is 11.3. The highest BCUT2D eigenvalue weighted by atomic mass is 35.5. The number of benzene rings is 3. The van der Waals surface area contributed by atoms with Crippen LogP contribution in [0.25, 0.3) is 11.3 Å². The highest BCUT2D eigenvalue weighted by molar-refractivity contribution is 6.39. The lowest BCUT2D eigenvalue weighted by Gasteiger charge is -2.11. The lowest BCUT2D eigenvalue weighted by Crippen LogP contribution is -2.03. The van der Waals surface area contributed by atoms with Gasteiger partial charge in [0.1, 0.15) is 30.4 Å². The van der Waals surface area contributed by atoms with Crippen LogP contribution in [0.1, 0.15) is 64.1 Å². The van der Waals surface area contributed by atoms with Crippen molar-refractivity contribution in [2.45, 2.75) is 38.9 Å². The molecular formula is C30H22Cl3N3O5. The van der Waals surface area contributed by atoms with E-state index in [1.54, 1.807) is 43.3 Å². The van der Waals surface area contributed by atoms with Crippen LogP contribution in [0.5, 0.6) is 5.75 Å². The molecule has 1 aliphatic rings. The fourth-order valence-corrected chi connectivity index (χ4v) is 5.17. The van der Waals surface area contributed by atoms with Gasteiger partial charge < -0.3 is 19.2 Å². The lowest BCUT2D eigenvalue weighted by molar-refractivity contribution is 0.0696. The fourth-order valence-electron chi connectivity index (χ4n) is 4.29. The largest absolute Gasteiger partial charge is 0.489 e. The number of carboxylic acid groups (broad SMARTS) is 1. The first-order valence-corrected chi connectivity index (χ1v) is 13.7. The van der Waals surface area contributed by atoms with Crippen molar-refractivity contribution in [2.24, 2.45) is 5.16 Å². The summed E-state index contributed by atoms with van der Waals surface area (Å²) < 4.78 is 11.8. The molecule has 0 spiro atoms. The van der Waals surface area contributed by atoms with E-state index in [4.69, 9.17) is 48.9 Å². The van der Waals surface area contributed by atoms with Gasteiger partial charge in [0.25, 0.3) is 0 Å². The van der Waals surface area contributed by atoms with E-state index >= 15 is 0 Å². The van der Waals surface area contributed by atoms with Crippen molar-refractivity contribution in [1.82, 2.24) is 5.16 Å². The fraction of sp³-hybridized carbons (Fsp3) is 0.200. The average Bonchev–Trinajstić information content (AvgIpc) is 3.71. The Balaban J connectivity index is 1.30. The van der Waals surface area contributed by atoms with Crippen molar-refractivity contribution in [3.63, 3.8) is 0 Å². The first-order chi connectivity index (χ1) is 19.8. The number of hydrogen-bond donors (Lipinski definition) is 1. The van der Waals surface area contributed by atoms with E-state index in [-0.39, 0.29) is 24.7 Å². The lowest BCUT2D eigenvalue weighted by atomic mass is 10.0. The minimum absolute atomic E-state index is 0.0551. The van der Waals surface area contributed by atoms with Crippen molar-refractivity contribution < 1.29 is 24.0 Å². The molecule has 11 heteroatoms. The van der Waals surface area contributed by atoms with Crippen LogP contribution in [-0.4, -0.2) is 21.9 Å². The summed E-state index contributed by atoms with van der Waals surface area (Å²) in [5.41, 5.74) is 3.82. The van der Waals surface area contributed by atoms with Crippen molar-refractivity contribution in [2.75, 3.05) is 0 Å². The first kappa shape index (κ1) is 28.5. The van der Waals surface area contributed by atoms with Crippen LogP contribution in [0.4, 0.5) is 0 Å². The van der Waals surface area contributed by atoms with E-state index in [0.29, 0.717) is 54.5 Å². The van der Waals surface area contributed by atoms with Gasteiger partial charge >= 0.3 is 5.97 Å². The number of oxime groups is 1. The van der Waals surface area contributed by atoms with Crippen LogP contribution in [0.2, 0.25) is 15.1 Å². The molecule has 5 rings (SSSR count). The van der Waals surface area contributed by atoms with E-state index in [1.807, 2.05) is 6.07 Å². The standard InChI is InChI=1S/C30H22Cl3N3O5/c1-16(35-40-14-20-11-18(30(37)38)7-8-19(20)13-34)22-10-9-21(12-26(22)33)39-15-23-28(36-41-29(23)17-5-6-17)27-24(31)3-2-4-25(27)32/h2-4,7-12,17H,5-6,14-15H2,1H3,(H,37,38)/b35-16+. The quantitative estimate of drug-likeness (QED) is 0.142. The SMILES string of the molecule is C/C(=N\OCc1cc(C(=O)O)ccc1C#N)c1ccc(OCc2c(-c3c(Cl)cccc3Cl)noc2C2CC2)cc1Cl. The number of halogens is 3. The summed E-state index contributed by atoms with van der Waals surface area (Å²) in [5, 5.41) is 28.2. The maximum Gasteiger partial charge on any atom is 0.335 e. The molecule has 0 atom stereocenters. The zero-order chi connectivity index (χ0) is 29.1. The molecule has 4 aromatic rings. The molecule has 0 saturated heterocycles. The third-order valence-electron chi connectivity index (χ3n) is 6.57. The van der Waals surface area contributed by atoms with Crippen molar-refractivity contribution in [3.05, 3.63) is 103 Å². The summed E-state index contributed by atoms with van der Waals surface area (Å²) in [6, 6.07) is 16.7. The van der Waals surface area contributed by atoms with E-state index in [2.05, 4.69) is 10.3 Å². The first-order valence-electron chi connectivity index (χ1n) is 12.5. The van der Waals surface area contributed by atoms with Crippen LogP contribution in [-0.2, 0) is 18.1 Å². The molecule has 8 nitrogen and oxygen atoms in total. The molecule has 0 amide bonds. The summed E-state index contributed by atoms with van der Waals surface area (Å²) in [6.07, 6.45) is 2.03. The Hall–Kier alpha value is -4.03. The second-order valence-corrected chi connectivity index (χ2v) is 10.6. The number of hydrogen-bond acceptors (Lipinski definition) is 7. The minimum atomic E-state index is -1.10. The van der Waals surface area contributed by atoms with Crippen LogP contribution in [0, 0.1) is 11.3 Å². The van der Waals surface area contributed by atoms with Gasteiger partial charge in [0.2, 0.25) is 0 Å². The van der Waals surface area contributed by atoms with Gasteiger partial charge in [0.15, 0.2) is 0 Å². The molecule has 1 heterocycles. The van der Waals surface area contributed by atoms with Crippen LogP contribution >= 0.6 is 34.8 Å². The molecule has 41 heavy (non-hydrogen) atoms. The molecular weight excluding hydrogens is 589 g/mol. The van der Waals surface area contributed by atoms with Gasteiger partial charge in [-0.3, -0.25) is 0 Å². The summed E-state index contributed by atoms with van der Waals surface area (Å²) in [6.45, 7) is 1.81. The van der Waals surface area contributed by atoms with Gasteiger partial charge in [-0.1, -0.05) is 51.2 Å². The predicted molar refractivity (Wildman–Crippen MR) is 155 cm³/mol. The molecule has 1 fully saturated rings. The number of rotatable bonds is 10. The van der Waals surface area contributed by atoms with E-state index in [0.717, 1.165) is 24.2 Å². The van der Waals surface area contributed by atoms with Gasteiger partial charge in [0, 0.05) is 22.6 Å². The van der Waals surface area contributed by atoms with Gasteiger partial charge in [-0.05, 0) is 68.3 Å². The number of carboxylic acids is 1. The minimum Gasteiger partial charge on any atom is -0.489 e. The number of carbonyl (C=O) groups is 1. The number of ether oxygens (including phenoxy) is 1. The Bertz CT molecular complexity index is 1690. The van der Waals surface area contributed by atoms with E-state index in [9.17, 15) is 15.2 Å². The molecule has 0 bridgehead atoms. The highest BCUT2D eigenvalue weighted by Crippen LogP contribution is 2.46. The highest BCUT2D eigenvalue weighted by Gasteiger charge is 2.33. The Labute approximate surface area is 250 Å². The van der Waals surface area contributed by atoms with Gasteiger partial charge in [0.05, 0.1) is 43.5 Å². The smallest absolute Gasteiger partial charge is 0.335 e. The van der Waals surface area contributed by atoms with Gasteiger partial charge in [-0.15, -0.1) is 0 Å². The summed E-state index contributed by atoms with van der Waals surface area (Å²) >= 11 is 19.4. The second kappa shape index (κ2) is 12.2. The normalized spacial score (nSPS) is 13.1. The number of aromatic nitrogens is 1. The maximum atomic E-state index is 11.3. The van der Waals surface area contributed by atoms with Crippen LogP contribution < -0.4 is 4.74 Å². The molecule has 0 radical (unpaired) electrons. The van der Waals surface area contributed by atoms with Crippen LogP contribution in [0.15, 0.2) is 64.3 Å². The molecule has 208 valence electrons. The third-order valence-corrected chi connectivity index (χ3v) is 7.52. The number of aromatic carboxylic acids is 1. The topological polar surface area (TPSA) is 118 Å². The summed E-state index contributed by atoms with van der Waals surface area (Å²) in [4.78, 5) is 16.7. The van der Waals surface area contributed by atoms with Gasteiger partial charge in [-0.25, -0.2) is 4.79 Å². The van der Waals surface area contributed by atoms with Crippen LogP contribution in [0.3, 0.4) is 0 Å². The van der Waals surface area contributed by atoms with Crippen molar-refractivity contribution >= 4 is 46.5 Å². The average molecular weight is 611 g/mol. The summed E-state index contributed by atoms with van der Waals surface area (Å²) in [7, 11) is 0. The molecule has 0 unspecified atom stereocenters. The molecule has 1 aliphatic carbocycles. The Morgan fingerprint density at radius 2 is 1.85 bits per heavy atom. The predicted octanol–water partition coefficient (Wildman–Crippen LogP) is 8.27. The van der Waals surface area contributed by atoms with Crippen molar-refractivity contribution in [3.8, 4) is 23.1 Å². The summed E-state index contributed by atoms with van der Waals surface area (Å²) in [5.74, 6) is 0.487. The number of nitriles is 1. The molecule has 1 saturated carbocycles. The zero-order valence-electron chi connectivity index (χ0n) is 21.7. The number of nitrogens with zero attached hydrogens (tertiary/aromatic N) is 3. The van der Waals surface area contributed by atoms with E-state index in [1.165, 1.54) is 18.2 Å².